The monoisotopic (exact) mass is 995 g/mol. The Kier molecular flexibility index (Phi) is 15.0. The number of nitrogens with one attached hydrogen (secondary N) is 1. The smallest absolute Gasteiger partial charge is 0.460 e. The average Bonchev–Trinajstić information content (AvgIpc) is 3.25. The summed E-state index contributed by atoms with van der Waals surface area (Å²) in [7, 11) is 1.20. The number of carbonyl (C=O) groups excluding carboxylic acids is 2. The molecular formula is C40H34F17NO9. The third-order valence-electron chi connectivity index (χ3n) is 10.3. The van der Waals surface area contributed by atoms with Gasteiger partial charge in [-0.1, -0.05) is 54.6 Å². The summed E-state index contributed by atoms with van der Waals surface area (Å²) in [6.07, 6.45) is -22.1. The molecule has 6 atom stereocenters. The van der Waals surface area contributed by atoms with Crippen LogP contribution in [-0.4, -0.2) is 109 Å². The van der Waals surface area contributed by atoms with Crippen molar-refractivity contribution in [1.29, 1.82) is 0 Å². The topological polar surface area (TPSA) is 122 Å². The predicted octanol–water partition coefficient (Wildman–Crippen LogP) is 9.93. The van der Waals surface area contributed by atoms with Crippen molar-refractivity contribution < 1.29 is 118 Å². The fourth-order valence-corrected chi connectivity index (χ4v) is 6.53. The Labute approximate surface area is 366 Å². The number of benzene rings is 3. The lowest BCUT2D eigenvalue weighted by Gasteiger charge is -2.47. The largest absolute Gasteiger partial charge is 0.469 e. The van der Waals surface area contributed by atoms with Crippen molar-refractivity contribution in [2.75, 3.05) is 19.0 Å². The van der Waals surface area contributed by atoms with Crippen molar-refractivity contribution in [3.05, 3.63) is 95.6 Å². The number of halogens is 17. The van der Waals surface area contributed by atoms with E-state index in [-0.39, 0.29) is 30.0 Å². The highest BCUT2D eigenvalue weighted by Gasteiger charge is 2.95. The number of amides is 1. The molecular weight excluding hydrogens is 961 g/mol. The zero-order valence-electron chi connectivity index (χ0n) is 33.6. The number of esters is 1. The van der Waals surface area contributed by atoms with Crippen LogP contribution in [0.15, 0.2) is 78.9 Å². The maximum Gasteiger partial charge on any atom is 0.460 e. The molecule has 2 fully saturated rings. The molecule has 0 aromatic heterocycles. The number of hydrogen-bond donors (Lipinski definition) is 2. The Morgan fingerprint density at radius 2 is 1.22 bits per heavy atom. The second kappa shape index (κ2) is 19.1. The van der Waals surface area contributed by atoms with Gasteiger partial charge in [0, 0.05) is 17.7 Å². The van der Waals surface area contributed by atoms with Crippen LogP contribution < -0.4 is 10.1 Å². The van der Waals surface area contributed by atoms with Crippen LogP contribution in [0.1, 0.15) is 35.8 Å². The van der Waals surface area contributed by atoms with Gasteiger partial charge in [0.2, 0.25) is 6.29 Å². The molecule has 2 aliphatic heterocycles. The summed E-state index contributed by atoms with van der Waals surface area (Å²) in [5, 5.41) is 13.7. The first-order valence-electron chi connectivity index (χ1n) is 19.1. The summed E-state index contributed by atoms with van der Waals surface area (Å²) < 4.78 is 265. The van der Waals surface area contributed by atoms with Gasteiger partial charge in [-0.05, 0) is 48.2 Å². The number of aliphatic hydroxyl groups is 1. The van der Waals surface area contributed by atoms with Crippen molar-refractivity contribution in [1.82, 2.24) is 0 Å². The first-order valence-corrected chi connectivity index (χ1v) is 19.1. The van der Waals surface area contributed by atoms with E-state index in [0.717, 1.165) is 24.3 Å². The van der Waals surface area contributed by atoms with Crippen LogP contribution in [0.3, 0.4) is 0 Å². The van der Waals surface area contributed by atoms with Gasteiger partial charge in [0.1, 0.15) is 18.0 Å². The van der Waals surface area contributed by atoms with Crippen LogP contribution >= 0.6 is 0 Å². The van der Waals surface area contributed by atoms with Crippen molar-refractivity contribution in [3.8, 4) is 5.75 Å². The molecule has 10 nitrogen and oxygen atoms in total. The van der Waals surface area contributed by atoms with Crippen molar-refractivity contribution in [2.24, 2.45) is 0 Å². The molecule has 2 N–H and O–H groups in total. The zero-order valence-corrected chi connectivity index (χ0v) is 33.6. The summed E-state index contributed by atoms with van der Waals surface area (Å²) in [6.45, 7) is -0.169. The van der Waals surface area contributed by atoms with Gasteiger partial charge >= 0.3 is 59.7 Å². The number of methoxy groups -OCH3 is 1. The van der Waals surface area contributed by atoms with E-state index in [1.165, 1.54) is 31.4 Å². The third-order valence-corrected chi connectivity index (χ3v) is 10.3. The molecule has 2 heterocycles. The minimum atomic E-state index is -8.71. The summed E-state index contributed by atoms with van der Waals surface area (Å²) in [5.74, 6) is -57.2. The summed E-state index contributed by atoms with van der Waals surface area (Å²) in [4.78, 5) is 24.8. The predicted molar refractivity (Wildman–Crippen MR) is 191 cm³/mol. The number of aliphatic hydroxyl groups excluding tert-OH is 1. The fourth-order valence-electron chi connectivity index (χ4n) is 6.53. The van der Waals surface area contributed by atoms with E-state index < -0.39 is 116 Å². The molecule has 1 unspecified atom stereocenters. The van der Waals surface area contributed by atoms with Gasteiger partial charge in [0.25, 0.3) is 0 Å². The maximum absolute atomic E-state index is 14.4. The standard InChI is InChI=1S/C40H34F17NO9/c1-62-26(59)18-21-11-15-24(16-12-21)64-31-27(60)29(28-25(65-31)19-63-30(66-28)22-7-3-2-4-8-22)67-32(61)58-23-13-9-20(10-14-23)6-5-17-33(41,42)34(43,44)35(45,46)36(47,48)37(49,50)38(51,52)39(53,54)40(55,56)57/h2-4,7-16,25,27-31,60H,5-6,17-19H2,1H3,(H,58,61)/t25-,27-,28-,29-,30?,31-/m1/s1. The van der Waals surface area contributed by atoms with Gasteiger partial charge in [-0.25, -0.2) is 4.79 Å². The molecule has 27 heteroatoms. The van der Waals surface area contributed by atoms with Crippen LogP contribution in [0.25, 0.3) is 0 Å². The zero-order chi connectivity index (χ0) is 50.2. The van der Waals surface area contributed by atoms with Crippen LogP contribution in [0.5, 0.6) is 5.75 Å². The van der Waals surface area contributed by atoms with E-state index in [9.17, 15) is 89.3 Å². The highest BCUT2D eigenvalue weighted by molar-refractivity contribution is 5.84. The fraction of sp³-hybridized carbons (Fsp3) is 0.500. The molecule has 0 bridgehead atoms. The first kappa shape index (κ1) is 52.8. The number of fused-ring (bicyclic) bond motifs is 1. The summed E-state index contributed by atoms with van der Waals surface area (Å²) in [5.41, 5.74) is 0.798. The number of alkyl halides is 17. The van der Waals surface area contributed by atoms with Crippen LogP contribution in [0, 0.1) is 0 Å². The van der Waals surface area contributed by atoms with E-state index in [4.69, 9.17) is 23.7 Å². The summed E-state index contributed by atoms with van der Waals surface area (Å²) in [6, 6.07) is 18.4. The van der Waals surface area contributed by atoms with Crippen molar-refractivity contribution in [2.45, 2.75) is 110 Å². The van der Waals surface area contributed by atoms with Crippen molar-refractivity contribution in [3.63, 3.8) is 0 Å². The molecule has 3 aromatic rings. The van der Waals surface area contributed by atoms with E-state index in [2.05, 4.69) is 10.1 Å². The molecule has 1 amide bonds. The molecule has 5 rings (SSSR count). The lowest BCUT2D eigenvalue weighted by molar-refractivity contribution is -0.461. The Morgan fingerprint density at radius 3 is 1.78 bits per heavy atom. The second-order valence-electron chi connectivity index (χ2n) is 14.9. The molecule has 372 valence electrons. The van der Waals surface area contributed by atoms with Gasteiger partial charge < -0.3 is 33.5 Å². The van der Waals surface area contributed by atoms with Gasteiger partial charge in [-0.15, -0.1) is 0 Å². The van der Waals surface area contributed by atoms with E-state index in [0.29, 0.717) is 11.1 Å². The molecule has 0 spiro atoms. The number of ether oxygens (including phenoxy) is 6. The molecule has 2 aliphatic rings. The lowest BCUT2D eigenvalue weighted by atomic mass is 9.87. The van der Waals surface area contributed by atoms with Crippen LogP contribution in [-0.2, 0) is 41.3 Å². The molecule has 0 radical (unpaired) electrons. The lowest BCUT2D eigenvalue weighted by Crippen LogP contribution is -2.74. The summed E-state index contributed by atoms with van der Waals surface area (Å²) >= 11 is 0. The first-order chi connectivity index (χ1) is 30.8. The Hall–Kier alpha value is -5.15. The SMILES string of the molecule is COC(=O)Cc1ccc(O[C@@H]2O[C@@H]3COC(c4ccccc4)O[C@H]3[C@H](OC(=O)Nc3ccc(CCCC(F)(F)C(F)(F)C(F)(F)C(F)(F)C(F)(F)C(F)(F)C(F)(F)C(F)(F)F)cc3)[C@H]2O)cc1. The number of rotatable bonds is 17. The van der Waals surface area contributed by atoms with Gasteiger partial charge in [0.15, 0.2) is 18.5 Å². The Balaban J connectivity index is 1.24. The van der Waals surface area contributed by atoms with Gasteiger partial charge in [-0.2, -0.15) is 74.6 Å². The quantitative estimate of drug-likeness (QED) is 0.101. The van der Waals surface area contributed by atoms with E-state index >= 15 is 0 Å². The third kappa shape index (κ3) is 10.2. The van der Waals surface area contributed by atoms with Crippen molar-refractivity contribution >= 4 is 17.7 Å². The highest BCUT2D eigenvalue weighted by Crippen LogP contribution is 2.64. The second-order valence-corrected chi connectivity index (χ2v) is 14.9. The Morgan fingerprint density at radius 1 is 0.687 bits per heavy atom. The molecule has 0 aliphatic carbocycles. The number of anilines is 1. The molecule has 0 saturated carbocycles. The number of carbonyl (C=O) groups is 2. The minimum Gasteiger partial charge on any atom is -0.469 e. The Bertz CT molecular complexity index is 2160. The van der Waals surface area contributed by atoms with Gasteiger partial charge in [0.05, 0.1) is 20.1 Å². The maximum atomic E-state index is 14.4. The van der Waals surface area contributed by atoms with Crippen LogP contribution in [0.2, 0.25) is 0 Å². The normalized spacial score (nSPS) is 22.4. The van der Waals surface area contributed by atoms with Crippen LogP contribution in [0.4, 0.5) is 85.1 Å². The minimum absolute atomic E-state index is 0.0633. The highest BCUT2D eigenvalue weighted by atomic mass is 19.4. The van der Waals surface area contributed by atoms with E-state index in [1.807, 2.05) is 0 Å². The molecule has 67 heavy (non-hydrogen) atoms. The molecule has 3 aromatic carbocycles. The van der Waals surface area contributed by atoms with E-state index in [1.54, 1.807) is 30.3 Å². The average molecular weight is 996 g/mol. The molecule has 2 saturated heterocycles. The number of hydrogen-bond acceptors (Lipinski definition) is 9. The number of aryl methyl sites for hydroxylation is 1. The van der Waals surface area contributed by atoms with Gasteiger partial charge in [-0.3, -0.25) is 10.1 Å².